The Hall–Kier alpha value is -1.33. The summed E-state index contributed by atoms with van der Waals surface area (Å²) in [6, 6.07) is 6.86. The topological polar surface area (TPSA) is 83.0 Å². The van der Waals surface area contributed by atoms with Crippen molar-refractivity contribution in [1.29, 1.82) is 0 Å². The van der Waals surface area contributed by atoms with E-state index in [0.717, 1.165) is 38.4 Å². The average Bonchev–Trinajstić information content (AvgIpc) is 2.65. The third-order valence-electron chi connectivity index (χ3n) is 4.45. The summed E-state index contributed by atoms with van der Waals surface area (Å²) in [5, 5.41) is 6.70. The molecule has 0 amide bonds. The van der Waals surface area contributed by atoms with E-state index < -0.39 is 9.84 Å². The van der Waals surface area contributed by atoms with Crippen LogP contribution in [0.25, 0.3) is 0 Å². The molecule has 0 atom stereocenters. The fraction of sp³-hybridized carbons (Fsp3) is 0.526. The molecule has 1 saturated heterocycles. The minimum atomic E-state index is -3.18. The largest absolute Gasteiger partial charge is 0.492 e. The van der Waals surface area contributed by atoms with Gasteiger partial charge in [0.1, 0.15) is 12.4 Å². The van der Waals surface area contributed by atoms with Crippen molar-refractivity contribution in [2.45, 2.75) is 23.8 Å². The molecule has 1 aliphatic heterocycles. The SMILES string of the molecule is C=CCN1CCC(NC(=NC)NCCOc2ccc(S(C)(=O)=O)cc2)CC1.I. The maximum Gasteiger partial charge on any atom is 0.191 e. The second-order valence-corrected chi connectivity index (χ2v) is 8.61. The van der Waals surface area contributed by atoms with Crippen molar-refractivity contribution < 1.29 is 13.2 Å². The highest BCUT2D eigenvalue weighted by Crippen LogP contribution is 2.15. The van der Waals surface area contributed by atoms with Crippen molar-refractivity contribution in [3.05, 3.63) is 36.9 Å². The van der Waals surface area contributed by atoms with E-state index in [1.165, 1.54) is 6.26 Å². The number of halogens is 1. The number of hydrogen-bond donors (Lipinski definition) is 2. The van der Waals surface area contributed by atoms with Crippen molar-refractivity contribution in [3.63, 3.8) is 0 Å². The first-order valence-electron chi connectivity index (χ1n) is 9.15. The van der Waals surface area contributed by atoms with Crippen LogP contribution in [0.15, 0.2) is 46.8 Å². The quantitative estimate of drug-likeness (QED) is 0.179. The van der Waals surface area contributed by atoms with Crippen LogP contribution in [0.3, 0.4) is 0 Å². The first-order chi connectivity index (χ1) is 12.9. The van der Waals surface area contributed by atoms with Gasteiger partial charge < -0.3 is 15.4 Å². The third kappa shape index (κ3) is 8.36. The number of nitrogens with zero attached hydrogens (tertiary/aromatic N) is 2. The molecule has 7 nitrogen and oxygen atoms in total. The molecule has 1 heterocycles. The van der Waals surface area contributed by atoms with Gasteiger partial charge in [0.25, 0.3) is 0 Å². The van der Waals surface area contributed by atoms with Gasteiger partial charge in [-0.25, -0.2) is 8.42 Å². The predicted molar refractivity (Wildman–Crippen MR) is 125 cm³/mol. The van der Waals surface area contributed by atoms with Crippen LogP contribution in [0.5, 0.6) is 5.75 Å². The molecule has 0 radical (unpaired) electrons. The Morgan fingerprint density at radius 2 is 1.96 bits per heavy atom. The average molecular weight is 522 g/mol. The van der Waals surface area contributed by atoms with Gasteiger partial charge in [-0.1, -0.05) is 6.08 Å². The van der Waals surface area contributed by atoms with Crippen LogP contribution < -0.4 is 15.4 Å². The van der Waals surface area contributed by atoms with Crippen molar-refractivity contribution in [3.8, 4) is 5.75 Å². The smallest absolute Gasteiger partial charge is 0.191 e. The van der Waals surface area contributed by atoms with Gasteiger partial charge in [0.2, 0.25) is 0 Å². The number of sulfone groups is 1. The lowest BCUT2D eigenvalue weighted by atomic mass is 10.1. The molecule has 0 aromatic heterocycles. The number of hydrogen-bond acceptors (Lipinski definition) is 5. The molecule has 0 saturated carbocycles. The van der Waals surface area contributed by atoms with Crippen molar-refractivity contribution in [2.24, 2.45) is 4.99 Å². The molecular formula is C19H31IN4O3S. The van der Waals surface area contributed by atoms with Crippen molar-refractivity contribution in [1.82, 2.24) is 15.5 Å². The van der Waals surface area contributed by atoms with Gasteiger partial charge in [0.05, 0.1) is 11.4 Å². The molecule has 0 spiro atoms. The maximum atomic E-state index is 11.4. The number of nitrogens with one attached hydrogen (secondary N) is 2. The maximum absolute atomic E-state index is 11.4. The highest BCUT2D eigenvalue weighted by atomic mass is 127. The lowest BCUT2D eigenvalue weighted by molar-refractivity contribution is 0.225. The second-order valence-electron chi connectivity index (χ2n) is 6.60. The van der Waals surface area contributed by atoms with Crippen LogP contribution in [0.1, 0.15) is 12.8 Å². The van der Waals surface area contributed by atoms with Gasteiger partial charge in [0.15, 0.2) is 15.8 Å². The fourth-order valence-electron chi connectivity index (χ4n) is 2.95. The predicted octanol–water partition coefficient (Wildman–Crippen LogP) is 1.90. The Bertz CT molecular complexity index is 730. The summed E-state index contributed by atoms with van der Waals surface area (Å²) in [5.74, 6) is 1.41. The molecule has 1 aliphatic rings. The Kier molecular flexibility index (Phi) is 10.8. The van der Waals surface area contributed by atoms with Crippen LogP contribution in [0, 0.1) is 0 Å². The van der Waals surface area contributed by atoms with Gasteiger partial charge in [-0.05, 0) is 37.1 Å². The van der Waals surface area contributed by atoms with Gasteiger partial charge in [-0.15, -0.1) is 30.6 Å². The molecule has 9 heteroatoms. The molecule has 158 valence electrons. The first kappa shape index (κ1) is 24.7. The van der Waals surface area contributed by atoms with E-state index in [0.29, 0.717) is 24.9 Å². The normalized spacial score (nSPS) is 16.1. The van der Waals surface area contributed by atoms with E-state index >= 15 is 0 Å². The molecule has 2 N–H and O–H groups in total. The summed E-state index contributed by atoms with van der Waals surface area (Å²) in [6.45, 7) is 7.92. The molecule has 28 heavy (non-hydrogen) atoms. The van der Waals surface area contributed by atoms with Gasteiger partial charge in [0, 0.05) is 39.0 Å². The number of piperidine rings is 1. The summed E-state index contributed by atoms with van der Waals surface area (Å²) >= 11 is 0. The van der Waals surface area contributed by atoms with E-state index in [9.17, 15) is 8.42 Å². The first-order valence-corrected chi connectivity index (χ1v) is 11.0. The third-order valence-corrected chi connectivity index (χ3v) is 5.58. The highest BCUT2D eigenvalue weighted by Gasteiger charge is 2.18. The number of likely N-dealkylation sites (tertiary alicyclic amines) is 1. The zero-order valence-electron chi connectivity index (χ0n) is 16.6. The van der Waals surface area contributed by atoms with Crippen LogP contribution in [0.2, 0.25) is 0 Å². The standard InChI is InChI=1S/C19H30N4O3S.HI/c1-4-12-23-13-9-16(10-14-23)22-19(20-2)21-11-15-26-17-5-7-18(8-6-17)27(3,24)25;/h4-8,16H,1,9-15H2,2-3H3,(H2,20,21,22);1H. The minimum Gasteiger partial charge on any atom is -0.492 e. The molecule has 0 aliphatic carbocycles. The molecule has 1 aromatic rings. The summed E-state index contributed by atoms with van der Waals surface area (Å²) < 4.78 is 28.5. The monoisotopic (exact) mass is 522 g/mol. The Morgan fingerprint density at radius 3 is 2.50 bits per heavy atom. The molecule has 0 bridgehead atoms. The Labute approximate surface area is 185 Å². The summed E-state index contributed by atoms with van der Waals surface area (Å²) in [6.07, 6.45) is 5.30. The number of benzene rings is 1. The minimum absolute atomic E-state index is 0. The molecule has 0 unspecified atom stereocenters. The number of guanidine groups is 1. The Morgan fingerprint density at radius 1 is 1.32 bits per heavy atom. The molecule has 1 fully saturated rings. The van der Waals surface area contributed by atoms with E-state index in [4.69, 9.17) is 4.74 Å². The lowest BCUT2D eigenvalue weighted by Gasteiger charge is -2.32. The van der Waals surface area contributed by atoms with Gasteiger partial charge in [-0.2, -0.15) is 0 Å². The fourth-order valence-corrected chi connectivity index (χ4v) is 3.58. The van der Waals surface area contributed by atoms with E-state index in [-0.39, 0.29) is 28.9 Å². The highest BCUT2D eigenvalue weighted by molar-refractivity contribution is 14.0. The molecular weight excluding hydrogens is 491 g/mol. The van der Waals surface area contributed by atoms with Gasteiger partial charge >= 0.3 is 0 Å². The molecule has 2 rings (SSSR count). The van der Waals surface area contributed by atoms with Crippen molar-refractivity contribution >= 4 is 39.8 Å². The van der Waals surface area contributed by atoms with E-state index in [1.807, 2.05) is 6.08 Å². The van der Waals surface area contributed by atoms with Crippen LogP contribution in [-0.4, -0.2) is 71.4 Å². The molecule has 1 aromatic carbocycles. The van der Waals surface area contributed by atoms with Crippen LogP contribution in [-0.2, 0) is 9.84 Å². The van der Waals surface area contributed by atoms with Crippen LogP contribution >= 0.6 is 24.0 Å². The number of ether oxygens (including phenoxy) is 1. The lowest BCUT2D eigenvalue weighted by Crippen LogP contribution is -2.49. The van der Waals surface area contributed by atoms with Crippen molar-refractivity contribution in [2.75, 3.05) is 46.1 Å². The zero-order valence-corrected chi connectivity index (χ0v) is 19.7. The summed E-state index contributed by atoms with van der Waals surface area (Å²) in [7, 11) is -1.42. The number of rotatable bonds is 8. The van der Waals surface area contributed by atoms with Gasteiger partial charge in [-0.3, -0.25) is 9.89 Å². The summed E-state index contributed by atoms with van der Waals surface area (Å²) in [5.41, 5.74) is 0. The second kappa shape index (κ2) is 12.3. The zero-order chi connectivity index (χ0) is 19.7. The van der Waals surface area contributed by atoms with E-state index in [1.54, 1.807) is 31.3 Å². The Balaban J connectivity index is 0.00000392. The van der Waals surface area contributed by atoms with Crippen LogP contribution in [0.4, 0.5) is 0 Å². The summed E-state index contributed by atoms with van der Waals surface area (Å²) in [4.78, 5) is 6.94. The number of aliphatic imine (C=N–C) groups is 1. The van der Waals surface area contributed by atoms with E-state index in [2.05, 4.69) is 27.1 Å².